The highest BCUT2D eigenvalue weighted by atomic mass is 16.6. The summed E-state index contributed by atoms with van der Waals surface area (Å²) in [6.45, 7) is 6.88. The Morgan fingerprint density at radius 3 is 1.65 bits per heavy atom. The number of hydrogen-bond donors (Lipinski definition) is 1. The van der Waals surface area contributed by atoms with Crippen LogP contribution in [0.25, 0.3) is 0 Å². The Hall–Kier alpha value is -1.02. The minimum Gasteiger partial charge on any atom is -0.377 e. The molecular formula is C13H25NO6. The summed E-state index contributed by atoms with van der Waals surface area (Å²) in [5.41, 5.74) is 0. The maximum atomic E-state index is 10.6. The highest BCUT2D eigenvalue weighted by Gasteiger charge is 1.95. The normalized spacial score (nSPS) is 10.5. The molecule has 0 aromatic carbocycles. The van der Waals surface area contributed by atoms with Gasteiger partial charge in [-0.05, 0) is 6.92 Å². The van der Waals surface area contributed by atoms with Gasteiger partial charge in [-0.3, -0.25) is 9.59 Å². The molecule has 0 bridgehead atoms. The second-order valence-electron chi connectivity index (χ2n) is 4.07. The average molecular weight is 291 g/mol. The summed E-state index contributed by atoms with van der Waals surface area (Å²) in [5.74, 6) is -0.0545. The number of carbonyl (C=O) groups excluding carboxylic acids is 2. The minimum absolute atomic E-state index is 0.00633. The van der Waals surface area contributed by atoms with E-state index < -0.39 is 0 Å². The zero-order valence-electron chi connectivity index (χ0n) is 12.3. The smallest absolute Gasteiger partial charge is 0.216 e. The van der Waals surface area contributed by atoms with Gasteiger partial charge < -0.3 is 24.3 Å². The van der Waals surface area contributed by atoms with Gasteiger partial charge in [0.1, 0.15) is 6.61 Å². The van der Waals surface area contributed by atoms with Crippen LogP contribution >= 0.6 is 0 Å². The van der Waals surface area contributed by atoms with Crippen LogP contribution in [0.2, 0.25) is 0 Å². The zero-order valence-corrected chi connectivity index (χ0v) is 12.3. The van der Waals surface area contributed by atoms with E-state index in [0.717, 1.165) is 0 Å². The van der Waals surface area contributed by atoms with Crippen molar-refractivity contribution in [2.45, 2.75) is 13.8 Å². The van der Waals surface area contributed by atoms with E-state index in [0.29, 0.717) is 52.8 Å². The Kier molecular flexibility index (Phi) is 13.7. The molecule has 0 atom stereocenters. The zero-order chi connectivity index (χ0) is 15.1. The van der Waals surface area contributed by atoms with Crippen LogP contribution in [0, 0.1) is 0 Å². The highest BCUT2D eigenvalue weighted by Crippen LogP contribution is 1.83. The molecule has 0 aromatic rings. The molecule has 1 amide bonds. The van der Waals surface area contributed by atoms with E-state index in [4.69, 9.17) is 18.9 Å². The molecule has 0 heterocycles. The van der Waals surface area contributed by atoms with Crippen molar-refractivity contribution >= 4 is 11.7 Å². The number of hydrogen-bond acceptors (Lipinski definition) is 6. The SMILES string of the molecule is CC(=O)COCCOCCOCCOCCNC(C)=O. The second-order valence-corrected chi connectivity index (χ2v) is 4.07. The Labute approximate surface area is 119 Å². The molecule has 118 valence electrons. The van der Waals surface area contributed by atoms with Crippen molar-refractivity contribution in [2.75, 3.05) is 59.4 Å². The largest absolute Gasteiger partial charge is 0.377 e. The van der Waals surface area contributed by atoms with Crippen LogP contribution in [-0.4, -0.2) is 71.1 Å². The molecule has 20 heavy (non-hydrogen) atoms. The third kappa shape index (κ3) is 17.0. The van der Waals surface area contributed by atoms with Crippen molar-refractivity contribution in [2.24, 2.45) is 0 Å². The Bertz CT molecular complexity index is 233. The molecule has 0 aliphatic rings. The van der Waals surface area contributed by atoms with Crippen molar-refractivity contribution < 1.29 is 28.5 Å². The molecular weight excluding hydrogens is 266 g/mol. The van der Waals surface area contributed by atoms with Crippen LogP contribution in [0.4, 0.5) is 0 Å². The van der Waals surface area contributed by atoms with Gasteiger partial charge in [-0.2, -0.15) is 0 Å². The molecule has 0 unspecified atom stereocenters. The van der Waals surface area contributed by atoms with E-state index in [-0.39, 0.29) is 18.3 Å². The van der Waals surface area contributed by atoms with Crippen LogP contribution in [-0.2, 0) is 28.5 Å². The topological polar surface area (TPSA) is 83.1 Å². The van der Waals surface area contributed by atoms with Gasteiger partial charge >= 0.3 is 0 Å². The molecule has 0 rings (SSSR count). The molecule has 0 saturated heterocycles. The summed E-state index contributed by atoms with van der Waals surface area (Å²) in [5, 5.41) is 2.63. The van der Waals surface area contributed by atoms with Gasteiger partial charge in [0.2, 0.25) is 5.91 Å². The number of nitrogens with one attached hydrogen (secondary N) is 1. The van der Waals surface area contributed by atoms with Gasteiger partial charge in [0.05, 0.1) is 46.2 Å². The lowest BCUT2D eigenvalue weighted by Crippen LogP contribution is -2.25. The van der Waals surface area contributed by atoms with Crippen LogP contribution in [0.3, 0.4) is 0 Å². The minimum atomic E-state index is -0.0609. The number of ketones is 1. The van der Waals surface area contributed by atoms with E-state index in [9.17, 15) is 9.59 Å². The van der Waals surface area contributed by atoms with E-state index in [1.807, 2.05) is 0 Å². The van der Waals surface area contributed by atoms with E-state index >= 15 is 0 Å². The van der Waals surface area contributed by atoms with Crippen molar-refractivity contribution in [3.63, 3.8) is 0 Å². The molecule has 7 heteroatoms. The summed E-state index contributed by atoms with van der Waals surface area (Å²) in [6.07, 6.45) is 0. The number of ether oxygens (including phenoxy) is 4. The van der Waals surface area contributed by atoms with E-state index in [1.165, 1.54) is 13.8 Å². The Morgan fingerprint density at radius 1 is 0.750 bits per heavy atom. The Balaban J connectivity index is 2.99. The van der Waals surface area contributed by atoms with Gasteiger partial charge in [-0.15, -0.1) is 0 Å². The lowest BCUT2D eigenvalue weighted by molar-refractivity contribution is -0.122. The van der Waals surface area contributed by atoms with Crippen molar-refractivity contribution in [3.8, 4) is 0 Å². The van der Waals surface area contributed by atoms with E-state index in [1.54, 1.807) is 0 Å². The quantitative estimate of drug-likeness (QED) is 0.445. The molecule has 0 aliphatic heterocycles. The molecule has 0 aliphatic carbocycles. The second kappa shape index (κ2) is 14.4. The molecule has 7 nitrogen and oxygen atoms in total. The molecule has 0 radical (unpaired) electrons. The summed E-state index contributed by atoms with van der Waals surface area (Å²) < 4.78 is 20.8. The summed E-state index contributed by atoms with van der Waals surface area (Å²) in [7, 11) is 0. The van der Waals surface area contributed by atoms with Gasteiger partial charge in [0, 0.05) is 13.5 Å². The monoisotopic (exact) mass is 291 g/mol. The van der Waals surface area contributed by atoms with Gasteiger partial charge in [-0.1, -0.05) is 0 Å². The number of amides is 1. The molecule has 0 fully saturated rings. The lowest BCUT2D eigenvalue weighted by atomic mass is 10.5. The van der Waals surface area contributed by atoms with Crippen LogP contribution < -0.4 is 5.32 Å². The average Bonchev–Trinajstić information content (AvgIpc) is 2.38. The van der Waals surface area contributed by atoms with Crippen molar-refractivity contribution in [3.05, 3.63) is 0 Å². The van der Waals surface area contributed by atoms with Crippen LogP contribution in [0.15, 0.2) is 0 Å². The molecule has 0 aromatic heterocycles. The number of Topliss-reactive ketones (excluding diaryl/α,β-unsaturated/α-hetero) is 1. The fraction of sp³-hybridized carbons (Fsp3) is 0.846. The summed E-state index contributed by atoms with van der Waals surface area (Å²) in [6, 6.07) is 0. The summed E-state index contributed by atoms with van der Waals surface area (Å²) in [4.78, 5) is 21.1. The standard InChI is InChI=1S/C13H25NO6/c1-12(15)11-20-10-9-19-8-7-18-6-5-17-4-3-14-13(2)16/h3-11H2,1-2H3,(H,14,16). The Morgan fingerprint density at radius 2 is 1.20 bits per heavy atom. The third-order valence-electron chi connectivity index (χ3n) is 2.04. The fourth-order valence-corrected chi connectivity index (χ4v) is 1.17. The van der Waals surface area contributed by atoms with Gasteiger partial charge in [0.15, 0.2) is 5.78 Å². The van der Waals surface area contributed by atoms with Crippen molar-refractivity contribution in [1.82, 2.24) is 5.32 Å². The number of carbonyl (C=O) groups is 2. The van der Waals surface area contributed by atoms with Gasteiger partial charge in [-0.25, -0.2) is 0 Å². The van der Waals surface area contributed by atoms with Gasteiger partial charge in [0.25, 0.3) is 0 Å². The maximum absolute atomic E-state index is 10.6. The first-order valence-electron chi connectivity index (χ1n) is 6.67. The first-order chi connectivity index (χ1) is 9.63. The van der Waals surface area contributed by atoms with Crippen LogP contribution in [0.5, 0.6) is 0 Å². The third-order valence-corrected chi connectivity index (χ3v) is 2.04. The van der Waals surface area contributed by atoms with E-state index in [2.05, 4.69) is 5.32 Å². The lowest BCUT2D eigenvalue weighted by Gasteiger charge is -2.07. The first kappa shape index (κ1) is 19.0. The van der Waals surface area contributed by atoms with Crippen LogP contribution in [0.1, 0.15) is 13.8 Å². The highest BCUT2D eigenvalue weighted by molar-refractivity contribution is 5.76. The molecule has 0 saturated carbocycles. The summed E-state index contributed by atoms with van der Waals surface area (Å²) >= 11 is 0. The number of rotatable bonds is 14. The first-order valence-corrected chi connectivity index (χ1v) is 6.67. The fourth-order valence-electron chi connectivity index (χ4n) is 1.17. The van der Waals surface area contributed by atoms with Crippen molar-refractivity contribution in [1.29, 1.82) is 0 Å². The predicted molar refractivity (Wildman–Crippen MR) is 72.6 cm³/mol. The predicted octanol–water partition coefficient (Wildman–Crippen LogP) is -0.222. The maximum Gasteiger partial charge on any atom is 0.216 e. The molecule has 1 N–H and O–H groups in total. The molecule has 0 spiro atoms.